The lowest BCUT2D eigenvalue weighted by Crippen LogP contribution is -2.27. The molecule has 0 spiro atoms. The van der Waals surface area contributed by atoms with Gasteiger partial charge in [0.2, 0.25) is 0 Å². The van der Waals surface area contributed by atoms with Crippen molar-refractivity contribution in [2.24, 2.45) is 5.92 Å². The molecular formula is C13H20N4O6P+. The molecule has 3 rings (SSSR count). The van der Waals surface area contributed by atoms with Crippen LogP contribution >= 0.6 is 8.25 Å². The highest BCUT2D eigenvalue weighted by Crippen LogP contribution is 2.40. The molecule has 5 atom stereocenters. The molecule has 0 radical (unpaired) electrons. The third kappa shape index (κ3) is 3.11. The van der Waals surface area contributed by atoms with Crippen molar-refractivity contribution in [3.8, 4) is 0 Å². The maximum atomic E-state index is 11.9. The molecular weight excluding hydrogens is 339 g/mol. The van der Waals surface area contributed by atoms with E-state index in [-0.39, 0.29) is 36.5 Å². The van der Waals surface area contributed by atoms with Crippen molar-refractivity contribution in [1.29, 1.82) is 0 Å². The maximum Gasteiger partial charge on any atom is 0.695 e. The van der Waals surface area contributed by atoms with Gasteiger partial charge in [-0.1, -0.05) is 14.4 Å². The average molecular weight is 359 g/mol. The second-order valence-electron chi connectivity index (χ2n) is 5.39. The maximum absolute atomic E-state index is 11.9. The van der Waals surface area contributed by atoms with Crippen LogP contribution in [0.1, 0.15) is 26.4 Å². The zero-order chi connectivity index (χ0) is 16.7. The highest BCUT2D eigenvalue weighted by Gasteiger charge is 2.49. The van der Waals surface area contributed by atoms with E-state index in [0.717, 1.165) is 0 Å². The molecule has 132 valence electrons. The Morgan fingerprint density at radius 2 is 2.25 bits per heavy atom. The topological polar surface area (TPSA) is 140 Å². The number of nitrogens with one attached hydrogen (secondary N) is 1. The van der Waals surface area contributed by atoms with Crippen molar-refractivity contribution in [3.05, 3.63) is 22.4 Å². The molecule has 1 aliphatic rings. The third-order valence-corrected chi connectivity index (χ3v) is 4.34. The van der Waals surface area contributed by atoms with Crippen LogP contribution in [0.15, 0.2) is 11.0 Å². The molecule has 0 aromatic carbocycles. The number of aryl methyl sites for hydroxylation is 1. The number of aromatic amines is 1. The largest absolute Gasteiger partial charge is 0.695 e. The van der Waals surface area contributed by atoms with Crippen LogP contribution in [0.4, 0.5) is 0 Å². The van der Waals surface area contributed by atoms with Gasteiger partial charge in [0.25, 0.3) is 5.56 Å². The van der Waals surface area contributed by atoms with Gasteiger partial charge in [-0.15, -0.1) is 9.42 Å². The molecule has 2 aromatic rings. The van der Waals surface area contributed by atoms with E-state index in [1.807, 2.05) is 0 Å². The Hall–Kier alpha value is -1.71. The minimum atomic E-state index is -2.86. The summed E-state index contributed by atoms with van der Waals surface area (Å²) >= 11 is 0. The van der Waals surface area contributed by atoms with E-state index in [1.54, 1.807) is 13.8 Å². The molecule has 1 fully saturated rings. The lowest BCUT2D eigenvalue weighted by molar-refractivity contribution is -0.0510. The normalized spacial score (nSPS) is 27.2. The summed E-state index contributed by atoms with van der Waals surface area (Å²) in [5.41, 5.74) is -0.0574. The molecule has 0 aliphatic carbocycles. The van der Waals surface area contributed by atoms with Crippen LogP contribution in [0.25, 0.3) is 11.0 Å². The van der Waals surface area contributed by atoms with Crippen molar-refractivity contribution < 1.29 is 23.8 Å². The number of nitrogens with zero attached hydrogens (tertiary/aromatic N) is 3. The number of rotatable bonds is 4. The van der Waals surface area contributed by atoms with Crippen molar-refractivity contribution in [2.45, 2.75) is 39.7 Å². The molecule has 11 heteroatoms. The monoisotopic (exact) mass is 359 g/mol. The minimum absolute atomic E-state index is 0. The highest BCUT2D eigenvalue weighted by molar-refractivity contribution is 7.32. The fraction of sp³-hybridized carbons (Fsp3) is 0.615. The smallest absolute Gasteiger partial charge is 0.394 e. The first-order valence-electron chi connectivity index (χ1n) is 6.95. The Kier molecular flexibility index (Phi) is 5.46. The van der Waals surface area contributed by atoms with Crippen LogP contribution in [0.2, 0.25) is 0 Å². The van der Waals surface area contributed by atoms with E-state index in [9.17, 15) is 14.5 Å². The molecule has 1 saturated heterocycles. The fourth-order valence-corrected chi connectivity index (χ4v) is 3.25. The number of H-pyrrole nitrogens is 1. The quantitative estimate of drug-likeness (QED) is 0.675. The summed E-state index contributed by atoms with van der Waals surface area (Å²) in [5.74, 6) is 0.0538. The second-order valence-corrected chi connectivity index (χ2v) is 6.08. The van der Waals surface area contributed by atoms with Crippen molar-refractivity contribution in [3.63, 3.8) is 0 Å². The van der Waals surface area contributed by atoms with Crippen molar-refractivity contribution in [1.82, 2.24) is 19.7 Å². The zero-order valence-electron chi connectivity index (χ0n) is 12.4. The Morgan fingerprint density at radius 1 is 1.54 bits per heavy atom. The van der Waals surface area contributed by atoms with Gasteiger partial charge in [-0.3, -0.25) is 4.79 Å². The first-order chi connectivity index (χ1) is 10.9. The number of aliphatic hydroxyl groups is 1. The molecule has 0 bridgehead atoms. The number of fused-ring (bicyclic) bond motifs is 1. The third-order valence-electron chi connectivity index (χ3n) is 3.91. The van der Waals surface area contributed by atoms with E-state index >= 15 is 0 Å². The van der Waals surface area contributed by atoms with Gasteiger partial charge in [0.05, 0.1) is 18.9 Å². The Balaban J connectivity index is 0.00000208. The summed E-state index contributed by atoms with van der Waals surface area (Å²) in [4.78, 5) is 27.8. The van der Waals surface area contributed by atoms with Gasteiger partial charge in [-0.05, 0) is 6.92 Å². The summed E-state index contributed by atoms with van der Waals surface area (Å²) in [7, 11) is -2.86. The summed E-state index contributed by atoms with van der Waals surface area (Å²) in [6.07, 6.45) is -0.927. The van der Waals surface area contributed by atoms with Crippen LogP contribution in [0.3, 0.4) is 0 Å². The SMILES string of the molecule is C.Cc1nc2c(cnn2[C@@H]2O[C@H](CO)C(C)[C@@H]2O[P+](=O)O)c(=O)[nH]1. The number of aromatic nitrogens is 4. The van der Waals surface area contributed by atoms with Gasteiger partial charge in [0, 0.05) is 10.5 Å². The Labute approximate surface area is 138 Å². The average Bonchev–Trinajstić information content (AvgIpc) is 3.01. The zero-order valence-corrected chi connectivity index (χ0v) is 13.3. The standard InChI is InChI=1S/C12H15N4O6P.CH4/c1-5-8(4-17)21-12(9(5)22-23(19)20)16-10-7(3-13-16)11(18)15-6(2)14-10;/h3,5,8-9,12,17H,4H2,1-2H3,(H-,13,14,15,18,19,20);1H4/p+1/t5?,8-,9+,12-;/m1./s1. The van der Waals surface area contributed by atoms with E-state index in [4.69, 9.17) is 14.2 Å². The Morgan fingerprint density at radius 3 is 2.88 bits per heavy atom. The van der Waals surface area contributed by atoms with Crippen LogP contribution in [-0.4, -0.2) is 48.6 Å². The van der Waals surface area contributed by atoms with Crippen LogP contribution in [0, 0.1) is 12.8 Å². The van der Waals surface area contributed by atoms with Gasteiger partial charge < -0.3 is 14.8 Å². The molecule has 1 aliphatic heterocycles. The van der Waals surface area contributed by atoms with Crippen molar-refractivity contribution >= 4 is 19.3 Å². The lowest BCUT2D eigenvalue weighted by Gasteiger charge is -2.16. The van der Waals surface area contributed by atoms with Gasteiger partial charge in [0.1, 0.15) is 11.2 Å². The molecule has 0 saturated carbocycles. The van der Waals surface area contributed by atoms with E-state index in [2.05, 4.69) is 15.1 Å². The molecule has 2 aromatic heterocycles. The molecule has 3 N–H and O–H groups in total. The molecule has 0 amide bonds. The van der Waals surface area contributed by atoms with E-state index < -0.39 is 26.7 Å². The van der Waals surface area contributed by atoms with Gasteiger partial charge in [-0.25, -0.2) is 9.67 Å². The van der Waals surface area contributed by atoms with Crippen LogP contribution in [0.5, 0.6) is 0 Å². The molecule has 3 heterocycles. The molecule has 2 unspecified atom stereocenters. The predicted molar refractivity (Wildman–Crippen MR) is 84.5 cm³/mol. The Bertz CT molecular complexity index is 805. The van der Waals surface area contributed by atoms with Crippen LogP contribution in [-0.2, 0) is 13.8 Å². The second kappa shape index (κ2) is 7.04. The van der Waals surface area contributed by atoms with E-state index in [1.165, 1.54) is 10.9 Å². The predicted octanol–water partition coefficient (Wildman–Crippen LogP) is 0.625. The van der Waals surface area contributed by atoms with Crippen molar-refractivity contribution in [2.75, 3.05) is 6.61 Å². The number of aliphatic hydroxyl groups excluding tert-OH is 1. The fourth-order valence-electron chi connectivity index (χ4n) is 2.74. The number of ether oxygens (including phenoxy) is 1. The summed E-state index contributed by atoms with van der Waals surface area (Å²) in [6.45, 7) is 3.10. The minimum Gasteiger partial charge on any atom is -0.394 e. The highest BCUT2D eigenvalue weighted by atomic mass is 31.1. The van der Waals surface area contributed by atoms with Crippen LogP contribution < -0.4 is 5.56 Å². The lowest BCUT2D eigenvalue weighted by atomic mass is 10.0. The number of hydrogen-bond donors (Lipinski definition) is 3. The first kappa shape index (κ1) is 18.6. The molecule has 10 nitrogen and oxygen atoms in total. The van der Waals surface area contributed by atoms with Gasteiger partial charge in [0.15, 0.2) is 18.0 Å². The van der Waals surface area contributed by atoms with Gasteiger partial charge in [-0.2, -0.15) is 5.10 Å². The molecule has 24 heavy (non-hydrogen) atoms. The number of hydrogen-bond acceptors (Lipinski definition) is 7. The summed E-state index contributed by atoms with van der Waals surface area (Å²) < 4.78 is 23.2. The van der Waals surface area contributed by atoms with E-state index in [0.29, 0.717) is 5.82 Å². The summed E-state index contributed by atoms with van der Waals surface area (Å²) in [6, 6.07) is 0. The first-order valence-corrected chi connectivity index (χ1v) is 8.08. The summed E-state index contributed by atoms with van der Waals surface area (Å²) in [5, 5.41) is 13.8. The van der Waals surface area contributed by atoms with Gasteiger partial charge >= 0.3 is 8.25 Å².